The summed E-state index contributed by atoms with van der Waals surface area (Å²) in [4.78, 5) is 48.2. The van der Waals surface area contributed by atoms with Gasteiger partial charge in [0.05, 0.1) is 47.9 Å². The number of carbonyl (C=O) groups is 2. The molecule has 0 bridgehead atoms. The van der Waals surface area contributed by atoms with E-state index in [4.69, 9.17) is 51.6 Å². The number of hydrogen-bond acceptors (Lipinski definition) is 10. The van der Waals surface area contributed by atoms with Crippen LogP contribution in [0.1, 0.15) is 84.5 Å². The lowest BCUT2D eigenvalue weighted by Crippen LogP contribution is -2.37. The maximum atomic E-state index is 12.5. The van der Waals surface area contributed by atoms with Crippen LogP contribution in [0.15, 0.2) is 58.4 Å². The third-order valence-corrected chi connectivity index (χ3v) is 11.9. The highest BCUT2D eigenvalue weighted by molar-refractivity contribution is 6.32. The fraction of sp³-hybridized carbons (Fsp3) is 0.478. The highest BCUT2D eigenvalue weighted by Gasteiger charge is 2.38. The second kappa shape index (κ2) is 20.7. The quantitative estimate of drug-likeness (QED) is 0.0921. The van der Waals surface area contributed by atoms with E-state index in [1.807, 2.05) is 21.3 Å². The topological polar surface area (TPSA) is 174 Å². The molecule has 14 nitrogen and oxygen atoms in total. The van der Waals surface area contributed by atoms with Crippen LogP contribution in [0.4, 0.5) is 0 Å². The van der Waals surface area contributed by atoms with Crippen molar-refractivity contribution in [3.8, 4) is 34.0 Å². The molecule has 4 heterocycles. The molecule has 62 heavy (non-hydrogen) atoms. The third kappa shape index (κ3) is 10.7. The number of benzene rings is 2. The molecular formula is C46H56Cl2N2O12. The van der Waals surface area contributed by atoms with Gasteiger partial charge in [0.25, 0.3) is 0 Å². The zero-order valence-corrected chi connectivity index (χ0v) is 38.0. The molecule has 0 spiro atoms. The standard InChI is InChI=1S/2C23H28ClNO6/c2*1-23(2,13-30-4)21-9-14-8-20(31-7-5-6-29-3)17(24)10-15(14)18-11-19(26)16(22(27)28)12-25(18)21/h2*8,10-12,21H,5-7,9,13H2,1-4H3,(H,27,28)/t2*21-/m10/s1. The summed E-state index contributed by atoms with van der Waals surface area (Å²) >= 11 is 13.0. The maximum absolute atomic E-state index is 12.5. The van der Waals surface area contributed by atoms with Crippen LogP contribution in [0.5, 0.6) is 11.5 Å². The van der Waals surface area contributed by atoms with Gasteiger partial charge in [0, 0.05) is 113 Å². The molecule has 2 N–H and O–H groups in total. The summed E-state index contributed by atoms with van der Waals surface area (Å²) in [7, 11) is 6.56. The van der Waals surface area contributed by atoms with Gasteiger partial charge in [-0.3, -0.25) is 9.59 Å². The Balaban J connectivity index is 0.000000234. The number of hydrogen-bond donors (Lipinski definition) is 2. The molecule has 6 rings (SSSR count). The van der Waals surface area contributed by atoms with E-state index in [1.165, 1.54) is 24.5 Å². The Hall–Kier alpha value is -4.70. The summed E-state index contributed by atoms with van der Waals surface area (Å²) in [6.07, 6.45) is 5.59. The van der Waals surface area contributed by atoms with Gasteiger partial charge in [0.1, 0.15) is 22.6 Å². The number of ether oxygens (including phenoxy) is 6. The molecule has 336 valence electrons. The van der Waals surface area contributed by atoms with Crippen molar-refractivity contribution in [3.05, 3.63) is 102 Å². The van der Waals surface area contributed by atoms with Crippen molar-refractivity contribution >= 4 is 35.1 Å². The molecule has 2 aromatic heterocycles. The van der Waals surface area contributed by atoms with E-state index in [0.29, 0.717) is 85.4 Å². The molecule has 2 aromatic carbocycles. The van der Waals surface area contributed by atoms with Crippen LogP contribution in [0.25, 0.3) is 22.5 Å². The molecule has 0 fully saturated rings. The van der Waals surface area contributed by atoms with Gasteiger partial charge < -0.3 is 47.8 Å². The SMILES string of the molecule is COCCCOc1cc2c(cc1Cl)-c1cc(=O)c(C(=O)O)cn1[C@@H](C(C)(C)COC)C2.COCCCOc1cc2c(cc1Cl)-c1cc(=O)c(C(=O)O)cn1[C@H](C(C)(C)COC)C2. The molecule has 0 unspecified atom stereocenters. The normalized spacial score (nSPS) is 15.3. The average Bonchev–Trinajstić information content (AvgIpc) is 3.20. The van der Waals surface area contributed by atoms with Gasteiger partial charge in [-0.2, -0.15) is 0 Å². The van der Waals surface area contributed by atoms with Crippen molar-refractivity contribution in [3.63, 3.8) is 0 Å². The molecule has 16 heteroatoms. The van der Waals surface area contributed by atoms with Crippen LogP contribution < -0.4 is 20.3 Å². The Morgan fingerprint density at radius 2 is 0.984 bits per heavy atom. The van der Waals surface area contributed by atoms with Gasteiger partial charge in [-0.1, -0.05) is 50.9 Å². The minimum atomic E-state index is -1.24. The molecule has 2 atom stereocenters. The highest BCUT2D eigenvalue weighted by Crippen LogP contribution is 2.47. The van der Waals surface area contributed by atoms with Gasteiger partial charge in [-0.05, 0) is 48.2 Å². The molecule has 0 aliphatic carbocycles. The zero-order chi connectivity index (χ0) is 45.5. The van der Waals surface area contributed by atoms with Gasteiger partial charge in [-0.15, -0.1) is 0 Å². The molecule has 4 aromatic rings. The van der Waals surface area contributed by atoms with Gasteiger partial charge >= 0.3 is 11.9 Å². The van der Waals surface area contributed by atoms with E-state index in [9.17, 15) is 29.4 Å². The number of rotatable bonds is 18. The van der Waals surface area contributed by atoms with Crippen molar-refractivity contribution < 1.29 is 48.2 Å². The Morgan fingerprint density at radius 3 is 1.31 bits per heavy atom. The minimum absolute atomic E-state index is 0.129. The van der Waals surface area contributed by atoms with Crippen LogP contribution in [0, 0.1) is 10.8 Å². The number of aromatic carboxylic acids is 2. The average molecular weight is 900 g/mol. The predicted octanol–water partition coefficient (Wildman–Crippen LogP) is 8.10. The van der Waals surface area contributed by atoms with Crippen LogP contribution in [0.2, 0.25) is 10.0 Å². The highest BCUT2D eigenvalue weighted by atomic mass is 35.5. The number of fused-ring (bicyclic) bond motifs is 6. The van der Waals surface area contributed by atoms with Crippen molar-refractivity contribution in [1.29, 1.82) is 0 Å². The number of nitrogens with zero attached hydrogens (tertiary/aromatic N) is 2. The molecule has 2 aliphatic heterocycles. The number of aromatic nitrogens is 2. The van der Waals surface area contributed by atoms with E-state index in [2.05, 4.69) is 27.7 Å². The second-order valence-corrected chi connectivity index (χ2v) is 17.7. The van der Waals surface area contributed by atoms with Crippen LogP contribution >= 0.6 is 23.2 Å². The smallest absolute Gasteiger partial charge is 0.341 e. The molecule has 0 amide bonds. The minimum Gasteiger partial charge on any atom is -0.492 e. The molecule has 0 saturated heterocycles. The van der Waals surface area contributed by atoms with E-state index in [1.54, 1.807) is 40.6 Å². The summed E-state index contributed by atoms with van der Waals surface area (Å²) in [5.74, 6) is -1.32. The van der Waals surface area contributed by atoms with Crippen molar-refractivity contribution in [1.82, 2.24) is 9.13 Å². The lowest BCUT2D eigenvalue weighted by atomic mass is 9.78. The molecule has 0 radical (unpaired) electrons. The lowest BCUT2D eigenvalue weighted by Gasteiger charge is -2.40. The zero-order valence-electron chi connectivity index (χ0n) is 36.5. The van der Waals surface area contributed by atoms with E-state index < -0.39 is 22.8 Å². The molecular weight excluding hydrogens is 843 g/mol. The second-order valence-electron chi connectivity index (χ2n) is 16.9. The van der Waals surface area contributed by atoms with Crippen molar-refractivity contribution in [2.45, 2.75) is 65.5 Å². The first kappa shape index (κ1) is 48.3. The predicted molar refractivity (Wildman–Crippen MR) is 237 cm³/mol. The summed E-state index contributed by atoms with van der Waals surface area (Å²) < 4.78 is 36.4. The fourth-order valence-electron chi connectivity index (χ4n) is 8.22. The Kier molecular flexibility index (Phi) is 16.1. The van der Waals surface area contributed by atoms with Crippen molar-refractivity contribution in [2.75, 3.05) is 68.1 Å². The van der Waals surface area contributed by atoms with Crippen LogP contribution in [-0.4, -0.2) is 99.4 Å². The first-order valence-electron chi connectivity index (χ1n) is 20.2. The molecule has 2 aliphatic rings. The number of carboxylic acids is 2. The van der Waals surface area contributed by atoms with E-state index in [-0.39, 0.29) is 34.0 Å². The first-order chi connectivity index (χ1) is 29.4. The Bertz CT molecular complexity index is 2220. The Morgan fingerprint density at radius 1 is 0.613 bits per heavy atom. The van der Waals surface area contributed by atoms with Gasteiger partial charge in [-0.25, -0.2) is 9.59 Å². The van der Waals surface area contributed by atoms with Crippen molar-refractivity contribution in [2.24, 2.45) is 10.8 Å². The van der Waals surface area contributed by atoms with Crippen LogP contribution in [0.3, 0.4) is 0 Å². The maximum Gasteiger partial charge on any atom is 0.341 e. The number of methoxy groups -OCH3 is 4. The summed E-state index contributed by atoms with van der Waals surface area (Å²) in [5, 5.41) is 19.8. The number of carboxylic acid groups (broad SMARTS) is 2. The summed E-state index contributed by atoms with van der Waals surface area (Å²) in [6, 6.07) is 9.91. The molecule has 0 saturated carbocycles. The number of pyridine rings is 2. The van der Waals surface area contributed by atoms with E-state index in [0.717, 1.165) is 35.1 Å². The largest absolute Gasteiger partial charge is 0.492 e. The summed E-state index contributed by atoms with van der Waals surface area (Å²) in [6.45, 7) is 11.3. The number of halogens is 2. The first-order valence-corrected chi connectivity index (χ1v) is 21.0. The van der Waals surface area contributed by atoms with Crippen LogP contribution in [-0.2, 0) is 31.8 Å². The third-order valence-electron chi connectivity index (χ3n) is 11.3. The Labute approximate surface area is 371 Å². The fourth-order valence-corrected chi connectivity index (χ4v) is 8.66. The summed E-state index contributed by atoms with van der Waals surface area (Å²) in [5.41, 5.74) is 2.61. The monoisotopic (exact) mass is 898 g/mol. The van der Waals surface area contributed by atoms with Gasteiger partial charge in [0.15, 0.2) is 10.9 Å². The van der Waals surface area contributed by atoms with E-state index >= 15 is 0 Å². The lowest BCUT2D eigenvalue weighted by molar-refractivity contribution is 0.0614. The van der Waals surface area contributed by atoms with Gasteiger partial charge in [0.2, 0.25) is 0 Å².